The van der Waals surface area contributed by atoms with Crippen LogP contribution in [0.4, 0.5) is 0 Å². The molecule has 7 atom stereocenters. The molecule has 4 rings (SSSR count). The zero-order chi connectivity index (χ0) is 19.4. The average Bonchev–Trinajstić information content (AvgIpc) is 2.93. The van der Waals surface area contributed by atoms with Crippen LogP contribution in [0.3, 0.4) is 0 Å². The molecule has 150 valence electrons. The first-order chi connectivity index (χ1) is 12.8. The molecule has 0 aliphatic heterocycles. The summed E-state index contributed by atoms with van der Waals surface area (Å²) >= 11 is 0. The zero-order valence-electron chi connectivity index (χ0n) is 16.8. The number of rotatable bonds is 4. The van der Waals surface area contributed by atoms with Gasteiger partial charge in [0.25, 0.3) is 0 Å². The molecule has 4 fully saturated rings. The van der Waals surface area contributed by atoms with Crippen LogP contribution in [0.15, 0.2) is 0 Å². The fraction of sp³-hybridized carbons (Fsp3) is 0.870. The Hall–Kier alpha value is -1.19. The van der Waals surface area contributed by atoms with E-state index in [0.717, 1.165) is 38.5 Å². The quantitative estimate of drug-likeness (QED) is 0.777. The Bertz CT molecular complexity index is 655. The van der Waals surface area contributed by atoms with Gasteiger partial charge in [-0.2, -0.15) is 0 Å². The van der Waals surface area contributed by atoms with Crippen LogP contribution in [-0.4, -0.2) is 22.6 Å². The maximum atomic E-state index is 13.2. The second-order valence-corrected chi connectivity index (χ2v) is 10.5. The van der Waals surface area contributed by atoms with Crippen LogP contribution >= 0.6 is 0 Å². The normalized spacial score (nSPS) is 46.5. The third kappa shape index (κ3) is 2.98. The zero-order valence-corrected chi connectivity index (χ0v) is 16.8. The Kier molecular flexibility index (Phi) is 4.75. The van der Waals surface area contributed by atoms with Crippen molar-refractivity contribution in [3.05, 3.63) is 0 Å². The van der Waals surface area contributed by atoms with Crippen molar-refractivity contribution in [3.8, 4) is 0 Å². The summed E-state index contributed by atoms with van der Waals surface area (Å²) in [6.07, 6.45) is 9.45. The number of aliphatic carboxylic acids is 1. The summed E-state index contributed by atoms with van der Waals surface area (Å²) in [7, 11) is 0. The van der Waals surface area contributed by atoms with Gasteiger partial charge in [-0.05, 0) is 79.4 Å². The number of ketones is 2. The predicted molar refractivity (Wildman–Crippen MR) is 102 cm³/mol. The topological polar surface area (TPSA) is 71.4 Å². The van der Waals surface area contributed by atoms with Gasteiger partial charge in [0.15, 0.2) is 0 Å². The van der Waals surface area contributed by atoms with E-state index in [-0.39, 0.29) is 29.1 Å². The molecular weight excluding hydrogens is 340 g/mol. The van der Waals surface area contributed by atoms with Crippen LogP contribution in [0.2, 0.25) is 0 Å². The van der Waals surface area contributed by atoms with Crippen LogP contribution in [0.5, 0.6) is 0 Å². The number of carboxylic acid groups (broad SMARTS) is 1. The van der Waals surface area contributed by atoms with Crippen LogP contribution < -0.4 is 0 Å². The Morgan fingerprint density at radius 1 is 1.04 bits per heavy atom. The number of carbonyl (C=O) groups is 3. The summed E-state index contributed by atoms with van der Waals surface area (Å²) in [6.45, 7) is 4.76. The maximum Gasteiger partial charge on any atom is 0.303 e. The molecule has 4 aliphatic carbocycles. The Labute approximate surface area is 162 Å². The van der Waals surface area contributed by atoms with E-state index in [1.54, 1.807) is 0 Å². The van der Waals surface area contributed by atoms with E-state index in [1.165, 1.54) is 6.42 Å². The van der Waals surface area contributed by atoms with Crippen molar-refractivity contribution in [2.75, 3.05) is 0 Å². The molecule has 5 unspecified atom stereocenters. The van der Waals surface area contributed by atoms with E-state index in [2.05, 4.69) is 13.8 Å². The van der Waals surface area contributed by atoms with E-state index in [9.17, 15) is 14.4 Å². The van der Waals surface area contributed by atoms with Crippen molar-refractivity contribution in [2.24, 2.45) is 40.4 Å². The molecule has 4 aliphatic rings. The molecule has 0 aromatic carbocycles. The number of Topliss-reactive ketones (excluding diaryl/α,β-unsaturated/α-hetero) is 2. The second-order valence-electron chi connectivity index (χ2n) is 10.5. The van der Waals surface area contributed by atoms with Crippen molar-refractivity contribution in [1.29, 1.82) is 0 Å². The minimum atomic E-state index is -0.702. The van der Waals surface area contributed by atoms with Gasteiger partial charge in [-0.25, -0.2) is 0 Å². The summed E-state index contributed by atoms with van der Waals surface area (Å²) < 4.78 is 0. The fourth-order valence-corrected chi connectivity index (χ4v) is 7.81. The molecule has 4 saturated carbocycles. The first-order valence-corrected chi connectivity index (χ1v) is 11.0. The molecule has 27 heavy (non-hydrogen) atoms. The van der Waals surface area contributed by atoms with Crippen molar-refractivity contribution in [1.82, 2.24) is 0 Å². The minimum absolute atomic E-state index is 0.162. The van der Waals surface area contributed by atoms with Gasteiger partial charge in [-0.15, -0.1) is 0 Å². The standard InChI is InChI=1S/C23H34O4/c1-22-11-9-18-21(17(22)7-6-14(22)4-3-5-20(26)27)19(25)13-15-12-16(24)8-10-23(15,18)2/h14-15,17-18,21H,3-13H2,1-2H3,(H,26,27)/t14-,15-,17?,18?,21?,22?,23?/m0/s1. The highest BCUT2D eigenvalue weighted by atomic mass is 16.4. The summed E-state index contributed by atoms with van der Waals surface area (Å²) in [6, 6.07) is 0. The summed E-state index contributed by atoms with van der Waals surface area (Å²) in [5.41, 5.74) is 0.359. The van der Waals surface area contributed by atoms with E-state index in [4.69, 9.17) is 5.11 Å². The van der Waals surface area contributed by atoms with Crippen LogP contribution in [0.1, 0.15) is 84.5 Å². The maximum absolute atomic E-state index is 13.2. The lowest BCUT2D eigenvalue weighted by molar-refractivity contribution is -0.158. The highest BCUT2D eigenvalue weighted by molar-refractivity contribution is 5.86. The molecule has 4 heteroatoms. The molecule has 0 saturated heterocycles. The number of fused-ring (bicyclic) bond motifs is 5. The molecular formula is C23H34O4. The lowest BCUT2D eigenvalue weighted by atomic mass is 9.44. The fourth-order valence-electron chi connectivity index (χ4n) is 7.81. The van der Waals surface area contributed by atoms with Crippen molar-refractivity contribution in [2.45, 2.75) is 84.5 Å². The Morgan fingerprint density at radius 2 is 1.78 bits per heavy atom. The second kappa shape index (κ2) is 6.70. The van der Waals surface area contributed by atoms with E-state index in [0.29, 0.717) is 48.6 Å². The lowest BCUT2D eigenvalue weighted by Crippen LogP contribution is -2.56. The predicted octanol–water partition coefficient (Wildman–Crippen LogP) is 4.65. The van der Waals surface area contributed by atoms with Gasteiger partial charge in [0.2, 0.25) is 0 Å². The molecule has 0 aromatic heterocycles. The van der Waals surface area contributed by atoms with Crippen molar-refractivity contribution < 1.29 is 19.5 Å². The van der Waals surface area contributed by atoms with Gasteiger partial charge >= 0.3 is 5.97 Å². The van der Waals surface area contributed by atoms with Crippen LogP contribution in [0, 0.1) is 40.4 Å². The number of carboxylic acids is 1. The molecule has 0 bridgehead atoms. The third-order valence-electron chi connectivity index (χ3n) is 9.43. The van der Waals surface area contributed by atoms with Crippen molar-refractivity contribution >= 4 is 17.5 Å². The molecule has 0 aromatic rings. The van der Waals surface area contributed by atoms with Crippen LogP contribution in [0.25, 0.3) is 0 Å². The van der Waals surface area contributed by atoms with Gasteiger partial charge in [0.1, 0.15) is 11.6 Å². The van der Waals surface area contributed by atoms with Gasteiger partial charge in [0, 0.05) is 31.6 Å². The SMILES string of the molecule is CC12CCC3C(C(=O)C[C@@H]4CC(=O)CCC34C)C1CC[C@@H]2CCCC(=O)O. The minimum Gasteiger partial charge on any atom is -0.481 e. The Balaban J connectivity index is 1.54. The van der Waals surface area contributed by atoms with E-state index >= 15 is 0 Å². The molecule has 0 radical (unpaired) electrons. The number of hydrogen-bond acceptors (Lipinski definition) is 3. The first kappa shape index (κ1) is 19.1. The highest BCUT2D eigenvalue weighted by Crippen LogP contribution is 2.66. The van der Waals surface area contributed by atoms with Gasteiger partial charge in [0.05, 0.1) is 0 Å². The van der Waals surface area contributed by atoms with E-state index in [1.807, 2.05) is 0 Å². The molecule has 4 nitrogen and oxygen atoms in total. The van der Waals surface area contributed by atoms with Gasteiger partial charge in [-0.1, -0.05) is 13.8 Å². The summed E-state index contributed by atoms with van der Waals surface area (Å²) in [5.74, 6) is 2.01. The largest absolute Gasteiger partial charge is 0.481 e. The van der Waals surface area contributed by atoms with Gasteiger partial charge in [-0.3, -0.25) is 14.4 Å². The molecule has 0 heterocycles. The molecule has 0 amide bonds. The molecule has 0 spiro atoms. The summed E-state index contributed by atoms with van der Waals surface area (Å²) in [5, 5.41) is 8.96. The summed E-state index contributed by atoms with van der Waals surface area (Å²) in [4.78, 5) is 36.1. The lowest BCUT2D eigenvalue weighted by Gasteiger charge is -2.59. The van der Waals surface area contributed by atoms with Crippen molar-refractivity contribution in [3.63, 3.8) is 0 Å². The monoisotopic (exact) mass is 374 g/mol. The molecule has 1 N–H and O–H groups in total. The third-order valence-corrected chi connectivity index (χ3v) is 9.43. The Morgan fingerprint density at radius 3 is 2.52 bits per heavy atom. The first-order valence-electron chi connectivity index (χ1n) is 11.0. The van der Waals surface area contributed by atoms with Gasteiger partial charge < -0.3 is 5.11 Å². The van der Waals surface area contributed by atoms with Crippen LogP contribution in [-0.2, 0) is 14.4 Å². The number of hydrogen-bond donors (Lipinski definition) is 1. The van der Waals surface area contributed by atoms with E-state index < -0.39 is 5.97 Å². The smallest absolute Gasteiger partial charge is 0.303 e. The average molecular weight is 375 g/mol. The number of carbonyl (C=O) groups excluding carboxylic acids is 2. The highest BCUT2D eigenvalue weighted by Gasteiger charge is 2.62.